The van der Waals surface area contributed by atoms with Gasteiger partial charge in [0.2, 0.25) is 0 Å². The molecule has 0 rings (SSSR count). The minimum Gasteiger partial charge on any atom is -0.479 e. The van der Waals surface area contributed by atoms with E-state index in [0.717, 1.165) is 0 Å². The fourth-order valence-electron chi connectivity index (χ4n) is 1.24. The van der Waals surface area contributed by atoms with Crippen molar-refractivity contribution in [3.8, 4) is 0 Å². The molecule has 0 aromatic rings. The van der Waals surface area contributed by atoms with Gasteiger partial charge in [-0.1, -0.05) is 6.92 Å². The maximum absolute atomic E-state index is 11.6. The molecule has 0 heterocycles. The Kier molecular flexibility index (Phi) is 5.41. The summed E-state index contributed by atoms with van der Waals surface area (Å²) in [6, 6.07) is 0. The van der Waals surface area contributed by atoms with E-state index < -0.39 is 23.2 Å². The zero-order valence-corrected chi connectivity index (χ0v) is 11.0. The highest BCUT2D eigenvalue weighted by molar-refractivity contribution is 5.84. The molecule has 0 aliphatic carbocycles. The van der Waals surface area contributed by atoms with E-state index in [-0.39, 0.29) is 13.0 Å². The van der Waals surface area contributed by atoms with E-state index in [1.165, 1.54) is 7.11 Å². The first kappa shape index (κ1) is 15.7. The molecule has 0 aromatic heterocycles. The Bertz CT molecular complexity index is 284. The summed E-state index contributed by atoms with van der Waals surface area (Å²) in [5.74, 6) is -1.15. The number of hydrogen-bond acceptors (Lipinski definition) is 4. The molecule has 0 aliphatic heterocycles. The van der Waals surface area contributed by atoms with Gasteiger partial charge in [0.1, 0.15) is 5.60 Å². The average molecular weight is 247 g/mol. The van der Waals surface area contributed by atoms with Crippen LogP contribution < -0.4 is 5.32 Å². The number of carbonyl (C=O) groups excluding carboxylic acids is 1. The van der Waals surface area contributed by atoms with Crippen LogP contribution in [0.5, 0.6) is 0 Å². The van der Waals surface area contributed by atoms with Gasteiger partial charge < -0.3 is 19.9 Å². The van der Waals surface area contributed by atoms with E-state index in [1.807, 2.05) is 0 Å². The molecule has 1 atom stereocenters. The minimum absolute atomic E-state index is 0.113. The molecule has 0 aromatic carbocycles. The fourth-order valence-corrected chi connectivity index (χ4v) is 1.24. The summed E-state index contributed by atoms with van der Waals surface area (Å²) in [5.41, 5.74) is -2.12. The second-order valence-electron chi connectivity index (χ2n) is 4.80. The van der Waals surface area contributed by atoms with Crippen LogP contribution >= 0.6 is 0 Å². The summed E-state index contributed by atoms with van der Waals surface area (Å²) < 4.78 is 9.86. The van der Waals surface area contributed by atoms with Crippen molar-refractivity contribution in [2.75, 3.05) is 13.7 Å². The lowest BCUT2D eigenvalue weighted by atomic mass is 9.98. The monoisotopic (exact) mass is 247 g/mol. The molecule has 100 valence electrons. The number of ether oxygens (including phenoxy) is 2. The van der Waals surface area contributed by atoms with Crippen LogP contribution in [-0.2, 0) is 14.3 Å². The highest BCUT2D eigenvalue weighted by atomic mass is 16.6. The molecule has 0 fully saturated rings. The molecule has 1 amide bonds. The highest BCUT2D eigenvalue weighted by Gasteiger charge is 2.39. The lowest BCUT2D eigenvalue weighted by molar-refractivity contribution is -0.147. The molecule has 0 aliphatic rings. The number of alkyl carbamates (subject to hydrolysis) is 1. The Morgan fingerprint density at radius 1 is 1.29 bits per heavy atom. The van der Waals surface area contributed by atoms with Crippen molar-refractivity contribution in [2.24, 2.45) is 0 Å². The molecule has 2 N–H and O–H groups in total. The predicted molar refractivity (Wildman–Crippen MR) is 61.9 cm³/mol. The van der Waals surface area contributed by atoms with Crippen molar-refractivity contribution in [1.82, 2.24) is 5.32 Å². The van der Waals surface area contributed by atoms with E-state index in [2.05, 4.69) is 5.32 Å². The van der Waals surface area contributed by atoms with Gasteiger partial charge in [-0.15, -0.1) is 0 Å². The molecule has 6 heteroatoms. The Balaban J connectivity index is 4.75. The molecule has 6 nitrogen and oxygen atoms in total. The van der Waals surface area contributed by atoms with E-state index in [1.54, 1.807) is 27.7 Å². The van der Waals surface area contributed by atoms with Gasteiger partial charge in [-0.25, -0.2) is 9.59 Å². The molecule has 1 unspecified atom stereocenters. The van der Waals surface area contributed by atoms with E-state index >= 15 is 0 Å². The van der Waals surface area contributed by atoms with Crippen LogP contribution in [0.3, 0.4) is 0 Å². The van der Waals surface area contributed by atoms with Crippen LogP contribution in [0.2, 0.25) is 0 Å². The number of rotatable bonds is 5. The number of aliphatic carboxylic acids is 1. The van der Waals surface area contributed by atoms with Gasteiger partial charge in [0.25, 0.3) is 0 Å². The zero-order chi connectivity index (χ0) is 13.7. The second-order valence-corrected chi connectivity index (χ2v) is 4.80. The summed E-state index contributed by atoms with van der Waals surface area (Å²) in [7, 11) is 1.38. The van der Waals surface area contributed by atoms with Crippen LogP contribution in [-0.4, -0.2) is 42.0 Å². The first-order valence-electron chi connectivity index (χ1n) is 5.40. The third kappa shape index (κ3) is 5.04. The number of methoxy groups -OCH3 is 1. The highest BCUT2D eigenvalue weighted by Crippen LogP contribution is 2.14. The maximum Gasteiger partial charge on any atom is 0.408 e. The SMILES string of the molecule is CCC(COC)(NC(=O)OC(C)(C)C)C(=O)O. The van der Waals surface area contributed by atoms with Gasteiger partial charge in [0, 0.05) is 7.11 Å². The topological polar surface area (TPSA) is 84.9 Å². The smallest absolute Gasteiger partial charge is 0.408 e. The lowest BCUT2D eigenvalue weighted by Crippen LogP contribution is -2.58. The van der Waals surface area contributed by atoms with Crippen molar-refractivity contribution >= 4 is 12.1 Å². The van der Waals surface area contributed by atoms with Crippen LogP contribution in [0.15, 0.2) is 0 Å². The summed E-state index contributed by atoms with van der Waals surface area (Å²) >= 11 is 0. The van der Waals surface area contributed by atoms with E-state index in [9.17, 15) is 9.59 Å². The Morgan fingerprint density at radius 3 is 2.12 bits per heavy atom. The Labute approximate surface area is 101 Å². The van der Waals surface area contributed by atoms with Gasteiger partial charge in [0.05, 0.1) is 6.61 Å². The number of hydrogen-bond donors (Lipinski definition) is 2. The molecular formula is C11H21NO5. The molecular weight excluding hydrogens is 226 g/mol. The van der Waals surface area contributed by atoms with E-state index in [4.69, 9.17) is 14.6 Å². The molecule has 0 saturated carbocycles. The van der Waals surface area contributed by atoms with Crippen LogP contribution in [0.4, 0.5) is 4.79 Å². The number of amides is 1. The standard InChI is InChI=1S/C11H21NO5/c1-6-11(7-16-5,8(13)14)12-9(15)17-10(2,3)4/h6-7H2,1-5H3,(H,12,15)(H,13,14). The number of carboxylic acids is 1. The van der Waals surface area contributed by atoms with Crippen LogP contribution in [0.1, 0.15) is 34.1 Å². The summed E-state index contributed by atoms with van der Waals surface area (Å²) in [5, 5.41) is 11.5. The third-order valence-corrected chi connectivity index (χ3v) is 2.14. The number of carboxylic acid groups (broad SMARTS) is 1. The van der Waals surface area contributed by atoms with Gasteiger partial charge >= 0.3 is 12.1 Å². The minimum atomic E-state index is -1.45. The molecule has 0 spiro atoms. The van der Waals surface area contributed by atoms with Crippen molar-refractivity contribution < 1.29 is 24.2 Å². The zero-order valence-electron chi connectivity index (χ0n) is 11.0. The van der Waals surface area contributed by atoms with Gasteiger partial charge in [0.15, 0.2) is 5.54 Å². The number of nitrogens with one attached hydrogen (secondary N) is 1. The van der Waals surface area contributed by atoms with Gasteiger partial charge in [-0.05, 0) is 27.2 Å². The Morgan fingerprint density at radius 2 is 1.82 bits per heavy atom. The van der Waals surface area contributed by atoms with Crippen molar-refractivity contribution in [1.29, 1.82) is 0 Å². The fraction of sp³-hybridized carbons (Fsp3) is 0.818. The summed E-state index contributed by atoms with van der Waals surface area (Å²) in [6.07, 6.45) is -0.561. The second kappa shape index (κ2) is 5.86. The number of carbonyl (C=O) groups is 2. The first-order chi connectivity index (χ1) is 7.67. The summed E-state index contributed by atoms with van der Waals surface area (Å²) in [4.78, 5) is 22.8. The summed E-state index contributed by atoms with van der Waals surface area (Å²) in [6.45, 7) is 6.66. The lowest BCUT2D eigenvalue weighted by Gasteiger charge is -2.30. The molecule has 0 bridgehead atoms. The molecule has 0 saturated heterocycles. The van der Waals surface area contributed by atoms with Gasteiger partial charge in [-0.2, -0.15) is 0 Å². The third-order valence-electron chi connectivity index (χ3n) is 2.14. The van der Waals surface area contributed by atoms with Crippen molar-refractivity contribution in [3.05, 3.63) is 0 Å². The van der Waals surface area contributed by atoms with E-state index in [0.29, 0.717) is 0 Å². The maximum atomic E-state index is 11.6. The predicted octanol–water partition coefficient (Wildman–Crippen LogP) is 1.39. The van der Waals surface area contributed by atoms with Crippen molar-refractivity contribution in [3.63, 3.8) is 0 Å². The molecule has 17 heavy (non-hydrogen) atoms. The average Bonchev–Trinajstić information content (AvgIpc) is 2.13. The Hall–Kier alpha value is -1.30. The van der Waals surface area contributed by atoms with Crippen molar-refractivity contribution in [2.45, 2.75) is 45.3 Å². The van der Waals surface area contributed by atoms with Crippen LogP contribution in [0.25, 0.3) is 0 Å². The first-order valence-corrected chi connectivity index (χ1v) is 5.40. The normalized spacial score (nSPS) is 14.9. The molecule has 0 radical (unpaired) electrons. The quantitative estimate of drug-likeness (QED) is 0.766. The largest absolute Gasteiger partial charge is 0.479 e. The van der Waals surface area contributed by atoms with Gasteiger partial charge in [-0.3, -0.25) is 0 Å². The van der Waals surface area contributed by atoms with Crippen LogP contribution in [0, 0.1) is 0 Å².